The number of hydrazine groups is 1. The summed E-state index contributed by atoms with van der Waals surface area (Å²) in [5.74, 6) is 5.08. The van der Waals surface area contributed by atoms with Gasteiger partial charge in [-0.2, -0.15) is 0 Å². The smallest absolute Gasteiger partial charge is 0.0161 e. The fourth-order valence-corrected chi connectivity index (χ4v) is 0.348. The molecule has 0 saturated carbocycles. The predicted molar refractivity (Wildman–Crippen MR) is 35.0 cm³/mol. The number of rotatable bonds is 3. The first kappa shape index (κ1) is 7.88. The van der Waals surface area contributed by atoms with Crippen molar-refractivity contribution in [2.45, 2.75) is 13.8 Å². The van der Waals surface area contributed by atoms with E-state index < -0.39 is 0 Å². The van der Waals surface area contributed by atoms with Gasteiger partial charge in [0.2, 0.25) is 0 Å². The Kier molecular flexibility index (Phi) is 2.97. The molecule has 0 aromatic heterocycles. The molecule has 3 heteroatoms. The first-order valence-corrected chi connectivity index (χ1v) is 2.76. The SMILES string of the molecule is CC(C)(CN)CNN. The van der Waals surface area contributed by atoms with Crippen LogP contribution in [0.5, 0.6) is 0 Å². The first-order chi connectivity index (χ1) is 3.62. The van der Waals surface area contributed by atoms with Gasteiger partial charge in [0.15, 0.2) is 0 Å². The normalized spacial score (nSPS) is 12.0. The van der Waals surface area contributed by atoms with Crippen LogP contribution in [0, 0.1) is 5.41 Å². The highest BCUT2D eigenvalue weighted by atomic mass is 15.2. The standard InChI is InChI=1S/C5H15N3/c1-5(2,3-6)4-8-7/h8H,3-4,6-7H2,1-2H3. The van der Waals surface area contributed by atoms with Crippen molar-refractivity contribution in [3.8, 4) is 0 Å². The summed E-state index contributed by atoms with van der Waals surface area (Å²) in [6, 6.07) is 0. The molecule has 0 aliphatic carbocycles. The predicted octanol–water partition coefficient (Wildman–Crippen LogP) is -0.565. The molecule has 0 spiro atoms. The molecule has 0 fully saturated rings. The minimum Gasteiger partial charge on any atom is -0.330 e. The van der Waals surface area contributed by atoms with Crippen molar-refractivity contribution in [1.29, 1.82) is 0 Å². The third kappa shape index (κ3) is 2.96. The Morgan fingerprint density at radius 2 is 2.00 bits per heavy atom. The van der Waals surface area contributed by atoms with Crippen molar-refractivity contribution in [2.24, 2.45) is 17.0 Å². The second-order valence-corrected chi connectivity index (χ2v) is 2.75. The van der Waals surface area contributed by atoms with Gasteiger partial charge in [-0.25, -0.2) is 0 Å². The van der Waals surface area contributed by atoms with Crippen LogP contribution in [0.1, 0.15) is 13.8 Å². The molecule has 0 amide bonds. The van der Waals surface area contributed by atoms with Gasteiger partial charge >= 0.3 is 0 Å². The Hall–Kier alpha value is -0.120. The summed E-state index contributed by atoms with van der Waals surface area (Å²) in [5, 5.41) is 0. The van der Waals surface area contributed by atoms with E-state index in [0.29, 0.717) is 6.54 Å². The van der Waals surface area contributed by atoms with E-state index >= 15 is 0 Å². The summed E-state index contributed by atoms with van der Waals surface area (Å²) < 4.78 is 0. The van der Waals surface area contributed by atoms with Crippen LogP contribution in [0.25, 0.3) is 0 Å². The van der Waals surface area contributed by atoms with Crippen molar-refractivity contribution in [1.82, 2.24) is 5.43 Å². The maximum atomic E-state index is 5.40. The molecule has 0 heterocycles. The maximum Gasteiger partial charge on any atom is 0.0161 e. The lowest BCUT2D eigenvalue weighted by molar-refractivity contribution is 0.355. The third-order valence-corrected chi connectivity index (χ3v) is 1.13. The number of hydrogen-bond donors (Lipinski definition) is 3. The molecule has 0 unspecified atom stereocenters. The van der Waals surface area contributed by atoms with E-state index in [1.807, 2.05) is 0 Å². The summed E-state index contributed by atoms with van der Waals surface area (Å²) in [6.45, 7) is 5.56. The molecule has 0 rings (SSSR count). The summed E-state index contributed by atoms with van der Waals surface area (Å²) in [6.07, 6.45) is 0. The van der Waals surface area contributed by atoms with Crippen LogP contribution in [0.3, 0.4) is 0 Å². The van der Waals surface area contributed by atoms with Gasteiger partial charge in [0, 0.05) is 6.54 Å². The van der Waals surface area contributed by atoms with Gasteiger partial charge in [-0.05, 0) is 12.0 Å². The largest absolute Gasteiger partial charge is 0.330 e. The second-order valence-electron chi connectivity index (χ2n) is 2.75. The molecule has 3 nitrogen and oxygen atoms in total. The highest BCUT2D eigenvalue weighted by molar-refractivity contribution is 4.69. The molecule has 0 aliphatic heterocycles. The zero-order valence-corrected chi connectivity index (χ0v) is 5.57. The summed E-state index contributed by atoms with van der Waals surface area (Å²) in [4.78, 5) is 0. The van der Waals surface area contributed by atoms with Gasteiger partial charge in [0.05, 0.1) is 0 Å². The van der Waals surface area contributed by atoms with E-state index in [-0.39, 0.29) is 5.41 Å². The lowest BCUT2D eigenvalue weighted by atomic mass is 9.94. The van der Waals surface area contributed by atoms with E-state index in [1.54, 1.807) is 0 Å². The van der Waals surface area contributed by atoms with Crippen LogP contribution >= 0.6 is 0 Å². The molecule has 0 radical (unpaired) electrons. The Morgan fingerprint density at radius 1 is 1.50 bits per heavy atom. The van der Waals surface area contributed by atoms with Crippen molar-refractivity contribution in [3.63, 3.8) is 0 Å². The highest BCUT2D eigenvalue weighted by Crippen LogP contribution is 2.08. The van der Waals surface area contributed by atoms with Crippen LogP contribution in [0.2, 0.25) is 0 Å². The van der Waals surface area contributed by atoms with Gasteiger partial charge in [0.1, 0.15) is 0 Å². The minimum atomic E-state index is 0.134. The summed E-state index contributed by atoms with van der Waals surface area (Å²) in [7, 11) is 0. The van der Waals surface area contributed by atoms with Gasteiger partial charge < -0.3 is 5.73 Å². The lowest BCUT2D eigenvalue weighted by Crippen LogP contribution is -2.38. The van der Waals surface area contributed by atoms with E-state index in [9.17, 15) is 0 Å². The molecule has 5 N–H and O–H groups in total. The molecule has 0 aromatic rings. The molecular formula is C5H15N3. The summed E-state index contributed by atoms with van der Waals surface area (Å²) in [5.41, 5.74) is 8.11. The Bertz CT molecular complexity index is 60.7. The fraction of sp³-hybridized carbons (Fsp3) is 1.00. The average Bonchev–Trinajstić information content (AvgIpc) is 1.67. The minimum absolute atomic E-state index is 0.134. The molecule has 0 aliphatic rings. The quantitative estimate of drug-likeness (QED) is 0.343. The van der Waals surface area contributed by atoms with Gasteiger partial charge in [-0.3, -0.25) is 11.3 Å². The molecule has 8 heavy (non-hydrogen) atoms. The van der Waals surface area contributed by atoms with Crippen molar-refractivity contribution in [2.75, 3.05) is 13.1 Å². The molecule has 50 valence electrons. The second kappa shape index (κ2) is 3.02. The van der Waals surface area contributed by atoms with Crippen molar-refractivity contribution in [3.05, 3.63) is 0 Å². The molecular weight excluding hydrogens is 102 g/mol. The topological polar surface area (TPSA) is 64.1 Å². The van der Waals surface area contributed by atoms with Crippen molar-refractivity contribution < 1.29 is 0 Å². The Balaban J connectivity index is 3.37. The zero-order chi connectivity index (χ0) is 6.62. The van der Waals surface area contributed by atoms with E-state index in [0.717, 1.165) is 6.54 Å². The Morgan fingerprint density at radius 3 is 2.12 bits per heavy atom. The van der Waals surface area contributed by atoms with Crippen LogP contribution in [0.4, 0.5) is 0 Å². The lowest BCUT2D eigenvalue weighted by Gasteiger charge is -2.20. The van der Waals surface area contributed by atoms with Gasteiger partial charge in [0.25, 0.3) is 0 Å². The van der Waals surface area contributed by atoms with Crippen LogP contribution in [0.15, 0.2) is 0 Å². The maximum absolute atomic E-state index is 5.40. The van der Waals surface area contributed by atoms with Crippen LogP contribution < -0.4 is 17.0 Å². The molecule has 0 atom stereocenters. The molecule has 0 saturated heterocycles. The van der Waals surface area contributed by atoms with E-state index in [4.69, 9.17) is 11.6 Å². The zero-order valence-electron chi connectivity index (χ0n) is 5.57. The van der Waals surface area contributed by atoms with Crippen LogP contribution in [-0.2, 0) is 0 Å². The number of hydrogen-bond acceptors (Lipinski definition) is 3. The average molecular weight is 117 g/mol. The Labute approximate surface area is 50.4 Å². The first-order valence-electron chi connectivity index (χ1n) is 2.76. The van der Waals surface area contributed by atoms with Crippen molar-refractivity contribution >= 4 is 0 Å². The fourth-order valence-electron chi connectivity index (χ4n) is 0.348. The van der Waals surface area contributed by atoms with E-state index in [2.05, 4.69) is 19.3 Å². The third-order valence-electron chi connectivity index (χ3n) is 1.13. The number of nitrogens with two attached hydrogens (primary N) is 2. The molecule has 0 bridgehead atoms. The highest BCUT2D eigenvalue weighted by Gasteiger charge is 2.12. The summed E-state index contributed by atoms with van der Waals surface area (Å²) >= 11 is 0. The van der Waals surface area contributed by atoms with Crippen LogP contribution in [-0.4, -0.2) is 13.1 Å². The van der Waals surface area contributed by atoms with Gasteiger partial charge in [-0.15, -0.1) is 0 Å². The molecule has 0 aromatic carbocycles. The number of nitrogens with one attached hydrogen (secondary N) is 1. The van der Waals surface area contributed by atoms with E-state index in [1.165, 1.54) is 0 Å². The van der Waals surface area contributed by atoms with Gasteiger partial charge in [-0.1, -0.05) is 13.8 Å². The monoisotopic (exact) mass is 117 g/mol.